The third kappa shape index (κ3) is 4.91. The number of pyridine rings is 1. The van der Waals surface area contributed by atoms with Crippen molar-refractivity contribution in [3.8, 4) is 0 Å². The van der Waals surface area contributed by atoms with Gasteiger partial charge in [-0.15, -0.1) is 0 Å². The van der Waals surface area contributed by atoms with Gasteiger partial charge in [-0.05, 0) is 61.9 Å². The summed E-state index contributed by atoms with van der Waals surface area (Å²) >= 11 is 0. The van der Waals surface area contributed by atoms with Crippen LogP contribution in [-0.2, 0) is 4.74 Å². The van der Waals surface area contributed by atoms with Crippen LogP contribution in [-0.4, -0.2) is 51.6 Å². The molecule has 1 atom stereocenters. The highest BCUT2D eigenvalue weighted by Gasteiger charge is 2.24. The number of benzene rings is 2. The molecule has 7 nitrogen and oxygen atoms in total. The molecule has 0 aliphatic carbocycles. The maximum atomic E-state index is 13.1. The van der Waals surface area contributed by atoms with Gasteiger partial charge in [0.1, 0.15) is 11.3 Å². The lowest BCUT2D eigenvalue weighted by molar-refractivity contribution is 0.0620. The third-order valence-electron chi connectivity index (χ3n) is 7.27. The van der Waals surface area contributed by atoms with E-state index in [1.165, 1.54) is 12.1 Å². The second kappa shape index (κ2) is 10.6. The normalized spacial score (nSPS) is 15.6. The van der Waals surface area contributed by atoms with Gasteiger partial charge in [-0.2, -0.15) is 0 Å². The Bertz CT molecular complexity index is 1350. The highest BCUT2D eigenvalue weighted by molar-refractivity contribution is 6.06. The number of rotatable bonds is 8. The lowest BCUT2D eigenvalue weighted by Gasteiger charge is -2.32. The predicted octanol–water partition coefficient (Wildman–Crippen LogP) is 5.22. The first-order chi connectivity index (χ1) is 17.5. The minimum Gasteiger partial charge on any atom is -0.382 e. The van der Waals surface area contributed by atoms with Crippen molar-refractivity contribution in [2.24, 2.45) is 5.92 Å². The molecule has 1 fully saturated rings. The van der Waals surface area contributed by atoms with E-state index in [4.69, 9.17) is 10.5 Å². The van der Waals surface area contributed by atoms with Crippen LogP contribution in [0.25, 0.3) is 21.9 Å². The fourth-order valence-electron chi connectivity index (χ4n) is 5.11. The quantitative estimate of drug-likeness (QED) is 0.343. The second-order valence-corrected chi connectivity index (χ2v) is 9.53. The first-order valence-corrected chi connectivity index (χ1v) is 12.7. The van der Waals surface area contributed by atoms with Gasteiger partial charge >= 0.3 is 0 Å². The van der Waals surface area contributed by atoms with Crippen LogP contribution >= 0.6 is 0 Å². The van der Waals surface area contributed by atoms with Crippen LogP contribution in [0, 0.1) is 11.7 Å². The fraction of sp³-hybridized carbons (Fsp3) is 0.393. The van der Waals surface area contributed by atoms with Crippen molar-refractivity contribution in [2.45, 2.75) is 38.6 Å². The number of hydrogen-bond donors (Lipinski definition) is 1. The number of aromatic nitrogens is 3. The van der Waals surface area contributed by atoms with Crippen LogP contribution in [0.2, 0.25) is 0 Å². The highest BCUT2D eigenvalue weighted by atomic mass is 19.1. The van der Waals surface area contributed by atoms with E-state index in [1.807, 2.05) is 29.4 Å². The van der Waals surface area contributed by atoms with Crippen LogP contribution in [0.15, 0.2) is 54.9 Å². The Labute approximate surface area is 210 Å². The number of nitrogens with zero attached hydrogens (tertiary/aromatic N) is 4. The standard InChI is InChI=1S/C28H32FN5O2/c1-2-22(34-18-31-25-26(34)23-5-3-4-6-24(23)32-27(25)30)17-36-16-13-19-11-14-33(15-12-19)28(35)20-7-9-21(29)10-8-20/h3-10,18-19,22H,2,11-17H2,1H3,(H2,30,32). The Morgan fingerprint density at radius 3 is 2.67 bits per heavy atom. The maximum absolute atomic E-state index is 13.1. The monoisotopic (exact) mass is 489 g/mol. The van der Waals surface area contributed by atoms with Gasteiger partial charge < -0.3 is 19.9 Å². The third-order valence-corrected chi connectivity index (χ3v) is 7.27. The molecular formula is C28H32FN5O2. The van der Waals surface area contributed by atoms with Crippen molar-refractivity contribution in [1.29, 1.82) is 0 Å². The first kappa shape index (κ1) is 24.2. The fourth-order valence-corrected chi connectivity index (χ4v) is 5.11. The smallest absolute Gasteiger partial charge is 0.253 e. The average Bonchev–Trinajstić information content (AvgIpc) is 3.35. The van der Waals surface area contributed by atoms with Crippen molar-refractivity contribution in [3.63, 3.8) is 0 Å². The number of piperidine rings is 1. The average molecular weight is 490 g/mol. The molecule has 0 bridgehead atoms. The van der Waals surface area contributed by atoms with Gasteiger partial charge in [0.15, 0.2) is 5.82 Å². The summed E-state index contributed by atoms with van der Waals surface area (Å²) in [6.07, 6.45) is 5.64. The van der Waals surface area contributed by atoms with Gasteiger partial charge in [0.05, 0.1) is 30.0 Å². The highest BCUT2D eigenvalue weighted by Crippen LogP contribution is 2.30. The summed E-state index contributed by atoms with van der Waals surface area (Å²) in [7, 11) is 0. The van der Waals surface area contributed by atoms with Gasteiger partial charge in [0, 0.05) is 30.6 Å². The summed E-state index contributed by atoms with van der Waals surface area (Å²) in [4.78, 5) is 23.6. The van der Waals surface area contributed by atoms with Crippen LogP contribution in [0.1, 0.15) is 49.0 Å². The minimum atomic E-state index is -0.328. The number of likely N-dealkylation sites (tertiary alicyclic amines) is 1. The molecule has 2 aromatic carbocycles. The number of halogens is 1. The van der Waals surface area contributed by atoms with E-state index in [2.05, 4.69) is 27.5 Å². The molecule has 1 unspecified atom stereocenters. The number of amides is 1. The molecule has 1 aliphatic rings. The van der Waals surface area contributed by atoms with Gasteiger partial charge in [0.2, 0.25) is 0 Å². The Balaban J connectivity index is 1.14. The van der Waals surface area contributed by atoms with Crippen molar-refractivity contribution < 1.29 is 13.9 Å². The summed E-state index contributed by atoms with van der Waals surface area (Å²) in [6, 6.07) is 13.9. The topological polar surface area (TPSA) is 86.3 Å². The van der Waals surface area contributed by atoms with Crippen LogP contribution in [0.4, 0.5) is 10.2 Å². The number of nitrogen functional groups attached to an aromatic ring is 1. The SMILES string of the molecule is CCC(COCCC1CCN(C(=O)c2ccc(F)cc2)CC1)n1cnc2c(N)nc3ccccc3c21. The largest absolute Gasteiger partial charge is 0.382 e. The van der Waals surface area contributed by atoms with Crippen molar-refractivity contribution in [1.82, 2.24) is 19.4 Å². The number of para-hydroxylation sites is 1. The molecular weight excluding hydrogens is 457 g/mol. The molecule has 188 valence electrons. The Hall–Kier alpha value is -3.52. The Morgan fingerprint density at radius 2 is 1.92 bits per heavy atom. The van der Waals surface area contributed by atoms with E-state index < -0.39 is 0 Å². The number of carbonyl (C=O) groups is 1. The van der Waals surface area contributed by atoms with E-state index in [0.717, 1.165) is 60.7 Å². The number of nitrogens with two attached hydrogens (primary N) is 1. The Morgan fingerprint density at radius 1 is 1.17 bits per heavy atom. The van der Waals surface area contributed by atoms with Crippen LogP contribution in [0.5, 0.6) is 0 Å². The maximum Gasteiger partial charge on any atom is 0.253 e. The summed E-state index contributed by atoms with van der Waals surface area (Å²) in [5.41, 5.74) is 9.34. The molecule has 1 saturated heterocycles. The van der Waals surface area contributed by atoms with Crippen molar-refractivity contribution in [3.05, 3.63) is 66.2 Å². The molecule has 1 aliphatic heterocycles. The van der Waals surface area contributed by atoms with E-state index in [0.29, 0.717) is 30.5 Å². The lowest BCUT2D eigenvalue weighted by atomic mass is 9.93. The van der Waals surface area contributed by atoms with Gasteiger partial charge in [-0.1, -0.05) is 25.1 Å². The van der Waals surface area contributed by atoms with E-state index in [-0.39, 0.29) is 17.8 Å². The number of hydrogen-bond acceptors (Lipinski definition) is 5. The molecule has 1 amide bonds. The summed E-state index contributed by atoms with van der Waals surface area (Å²) < 4.78 is 21.5. The van der Waals surface area contributed by atoms with E-state index in [9.17, 15) is 9.18 Å². The number of carbonyl (C=O) groups excluding carboxylic acids is 1. The minimum absolute atomic E-state index is 0.0218. The van der Waals surface area contributed by atoms with Crippen molar-refractivity contribution in [2.75, 3.05) is 32.0 Å². The zero-order valence-corrected chi connectivity index (χ0v) is 20.6. The molecule has 5 rings (SSSR count). The van der Waals surface area contributed by atoms with E-state index >= 15 is 0 Å². The molecule has 3 heterocycles. The molecule has 36 heavy (non-hydrogen) atoms. The molecule has 0 saturated carbocycles. The number of fused-ring (bicyclic) bond motifs is 3. The number of ether oxygens (including phenoxy) is 1. The Kier molecular flexibility index (Phi) is 7.13. The zero-order chi connectivity index (χ0) is 25.1. The summed E-state index contributed by atoms with van der Waals surface area (Å²) in [5.74, 6) is 0.631. The summed E-state index contributed by atoms with van der Waals surface area (Å²) in [5, 5.41) is 1.04. The van der Waals surface area contributed by atoms with Crippen molar-refractivity contribution >= 4 is 33.7 Å². The second-order valence-electron chi connectivity index (χ2n) is 9.53. The zero-order valence-electron chi connectivity index (χ0n) is 20.6. The molecule has 0 radical (unpaired) electrons. The molecule has 0 spiro atoms. The van der Waals surface area contributed by atoms with E-state index in [1.54, 1.807) is 12.1 Å². The van der Waals surface area contributed by atoms with Gasteiger partial charge in [-0.3, -0.25) is 4.79 Å². The molecule has 2 N–H and O–H groups in total. The first-order valence-electron chi connectivity index (χ1n) is 12.7. The van der Waals surface area contributed by atoms with Crippen LogP contribution in [0.3, 0.4) is 0 Å². The predicted molar refractivity (Wildman–Crippen MR) is 139 cm³/mol. The van der Waals surface area contributed by atoms with Gasteiger partial charge in [-0.25, -0.2) is 14.4 Å². The van der Waals surface area contributed by atoms with Gasteiger partial charge in [0.25, 0.3) is 5.91 Å². The van der Waals surface area contributed by atoms with Crippen LogP contribution < -0.4 is 5.73 Å². The molecule has 4 aromatic rings. The lowest BCUT2D eigenvalue weighted by Crippen LogP contribution is -2.38. The summed E-state index contributed by atoms with van der Waals surface area (Å²) in [6.45, 7) is 4.88. The number of anilines is 1. The molecule has 8 heteroatoms. The number of imidazole rings is 1. The molecule has 2 aromatic heterocycles.